The van der Waals surface area contributed by atoms with Crippen LogP contribution in [0.1, 0.15) is 40.7 Å². The summed E-state index contributed by atoms with van der Waals surface area (Å²) in [7, 11) is -1.98. The minimum atomic E-state index is -3.54. The maximum Gasteiger partial charge on any atom is 0.251 e. The molecule has 2 aromatic rings. The molecule has 2 N–H and O–H groups in total. The van der Waals surface area contributed by atoms with Crippen LogP contribution in [0.25, 0.3) is 0 Å². The van der Waals surface area contributed by atoms with Gasteiger partial charge in [0.05, 0.1) is 4.90 Å². The van der Waals surface area contributed by atoms with E-state index in [2.05, 4.69) is 10.6 Å². The topological polar surface area (TPSA) is 95.6 Å². The van der Waals surface area contributed by atoms with E-state index in [-0.39, 0.29) is 17.7 Å². The van der Waals surface area contributed by atoms with Gasteiger partial charge in [-0.15, -0.1) is 0 Å². The van der Waals surface area contributed by atoms with Crippen molar-refractivity contribution in [2.24, 2.45) is 5.92 Å². The number of carbonyl (C=O) groups is 2. The Morgan fingerprint density at radius 3 is 2.32 bits per heavy atom. The first-order valence-corrected chi connectivity index (χ1v) is 12.1. The van der Waals surface area contributed by atoms with E-state index in [1.165, 1.54) is 9.87 Å². The molecule has 0 saturated carbocycles. The molecule has 0 bridgehead atoms. The summed E-state index contributed by atoms with van der Waals surface area (Å²) >= 11 is 0. The Balaban J connectivity index is 1.35. The van der Waals surface area contributed by atoms with Gasteiger partial charge < -0.3 is 10.6 Å². The number of nitrogens with one attached hydrogen (secondary N) is 2. The molecule has 164 valence electrons. The largest absolute Gasteiger partial charge is 0.355 e. The van der Waals surface area contributed by atoms with Crippen LogP contribution in [0.15, 0.2) is 47.4 Å². The summed E-state index contributed by atoms with van der Waals surface area (Å²) < 4.78 is 27.6. The summed E-state index contributed by atoms with van der Waals surface area (Å²) in [4.78, 5) is 24.6. The molecule has 2 aliphatic rings. The van der Waals surface area contributed by atoms with Gasteiger partial charge in [-0.3, -0.25) is 9.59 Å². The Hall–Kier alpha value is -2.71. The van der Waals surface area contributed by atoms with Crippen molar-refractivity contribution in [1.82, 2.24) is 9.62 Å². The molecule has 0 spiro atoms. The van der Waals surface area contributed by atoms with Crippen LogP contribution in [0, 0.1) is 5.92 Å². The highest BCUT2D eigenvalue weighted by Gasteiger charge is 2.32. The third-order valence-electron chi connectivity index (χ3n) is 6.17. The highest BCUT2D eigenvalue weighted by molar-refractivity contribution is 7.89. The molecule has 31 heavy (non-hydrogen) atoms. The monoisotopic (exact) mass is 441 g/mol. The summed E-state index contributed by atoms with van der Waals surface area (Å²) in [6.07, 6.45) is 3.99. The van der Waals surface area contributed by atoms with Gasteiger partial charge in [0.2, 0.25) is 15.9 Å². The maximum absolute atomic E-state index is 13.1. The van der Waals surface area contributed by atoms with Crippen molar-refractivity contribution in [3.63, 3.8) is 0 Å². The van der Waals surface area contributed by atoms with Crippen molar-refractivity contribution in [3.8, 4) is 0 Å². The molecule has 1 saturated heterocycles. The van der Waals surface area contributed by atoms with Gasteiger partial charge in [-0.05, 0) is 79.6 Å². The first-order valence-electron chi connectivity index (χ1n) is 10.6. The number of rotatable bonds is 5. The van der Waals surface area contributed by atoms with Crippen LogP contribution in [0.5, 0.6) is 0 Å². The number of carbonyl (C=O) groups excluding carboxylic acids is 2. The normalized spacial score (nSPS) is 17.2. The van der Waals surface area contributed by atoms with Gasteiger partial charge in [-0.1, -0.05) is 6.07 Å². The fraction of sp³-hybridized carbons (Fsp3) is 0.391. The van der Waals surface area contributed by atoms with E-state index in [0.717, 1.165) is 24.8 Å². The van der Waals surface area contributed by atoms with Gasteiger partial charge in [-0.2, -0.15) is 4.31 Å². The molecule has 0 atom stereocenters. The summed E-state index contributed by atoms with van der Waals surface area (Å²) in [5.74, 6) is -0.554. The zero-order chi connectivity index (χ0) is 22.0. The summed E-state index contributed by atoms with van der Waals surface area (Å²) in [5.41, 5.74) is 3.52. The van der Waals surface area contributed by atoms with Gasteiger partial charge in [0.1, 0.15) is 0 Å². The summed E-state index contributed by atoms with van der Waals surface area (Å²) in [6, 6.07) is 12.1. The predicted octanol–water partition coefficient (Wildman–Crippen LogP) is 2.57. The van der Waals surface area contributed by atoms with Crippen molar-refractivity contribution in [2.45, 2.75) is 37.0 Å². The highest BCUT2D eigenvalue weighted by Crippen LogP contribution is 2.29. The Kier molecular flexibility index (Phi) is 6.11. The summed E-state index contributed by atoms with van der Waals surface area (Å²) in [6.45, 7) is 0.653. The zero-order valence-electron chi connectivity index (χ0n) is 17.6. The molecule has 8 heteroatoms. The second-order valence-electron chi connectivity index (χ2n) is 8.11. The highest BCUT2D eigenvalue weighted by atomic mass is 32.2. The lowest BCUT2D eigenvalue weighted by Crippen LogP contribution is -2.41. The number of aryl methyl sites for hydroxylation is 2. The van der Waals surface area contributed by atoms with Crippen molar-refractivity contribution >= 4 is 27.5 Å². The molecule has 0 unspecified atom stereocenters. The molecule has 4 rings (SSSR count). The molecule has 0 radical (unpaired) electrons. The van der Waals surface area contributed by atoms with Crippen molar-refractivity contribution in [2.75, 3.05) is 25.5 Å². The minimum absolute atomic E-state index is 0.123. The fourth-order valence-corrected chi connectivity index (χ4v) is 5.83. The molecule has 1 aliphatic heterocycles. The number of anilines is 1. The number of piperidine rings is 1. The number of sulfonamides is 1. The number of amides is 2. The zero-order valence-corrected chi connectivity index (χ0v) is 18.4. The third kappa shape index (κ3) is 4.50. The van der Waals surface area contributed by atoms with E-state index >= 15 is 0 Å². The molecule has 7 nitrogen and oxygen atoms in total. The predicted molar refractivity (Wildman–Crippen MR) is 118 cm³/mol. The lowest BCUT2D eigenvalue weighted by Gasteiger charge is -2.30. The van der Waals surface area contributed by atoms with Crippen LogP contribution >= 0.6 is 0 Å². The van der Waals surface area contributed by atoms with Crippen LogP contribution in [0.4, 0.5) is 5.69 Å². The molecule has 1 heterocycles. The average molecular weight is 442 g/mol. The number of nitrogens with zero attached hydrogens (tertiary/aromatic N) is 1. The summed E-state index contributed by atoms with van der Waals surface area (Å²) in [5, 5.41) is 5.42. The van der Waals surface area contributed by atoms with E-state index in [4.69, 9.17) is 0 Å². The second-order valence-corrected chi connectivity index (χ2v) is 10.0. The first kappa shape index (κ1) is 21.5. The lowest BCUT2D eigenvalue weighted by molar-refractivity contribution is -0.120. The van der Waals surface area contributed by atoms with E-state index in [9.17, 15) is 18.0 Å². The quantitative estimate of drug-likeness (QED) is 0.746. The number of fused-ring (bicyclic) bond motifs is 1. The van der Waals surface area contributed by atoms with E-state index < -0.39 is 10.0 Å². The van der Waals surface area contributed by atoms with Crippen LogP contribution in [0.2, 0.25) is 0 Å². The van der Waals surface area contributed by atoms with Gasteiger partial charge in [0, 0.05) is 37.3 Å². The molecular formula is C23H27N3O4S. The minimum Gasteiger partial charge on any atom is -0.355 e. The Bertz CT molecular complexity index is 1090. The molecule has 2 aromatic carbocycles. The molecule has 1 fully saturated rings. The molecular weight excluding hydrogens is 414 g/mol. The van der Waals surface area contributed by atoms with Gasteiger partial charge in [0.25, 0.3) is 5.91 Å². The van der Waals surface area contributed by atoms with Crippen LogP contribution in [-0.4, -0.2) is 44.7 Å². The fourth-order valence-electron chi connectivity index (χ4n) is 4.31. The smallest absolute Gasteiger partial charge is 0.251 e. The SMILES string of the molecule is CNC(=O)c1ccc(NC(=O)C2CCN(S(=O)(=O)c3ccc4c(c3)CCC4)CC2)cc1. The number of hydrogen-bond acceptors (Lipinski definition) is 4. The number of benzene rings is 2. The van der Waals surface area contributed by atoms with E-state index in [0.29, 0.717) is 42.1 Å². The second kappa shape index (κ2) is 8.80. The molecule has 0 aromatic heterocycles. The lowest BCUT2D eigenvalue weighted by atomic mass is 9.97. The Morgan fingerprint density at radius 1 is 0.968 bits per heavy atom. The van der Waals surface area contributed by atoms with Crippen molar-refractivity contribution in [1.29, 1.82) is 0 Å². The third-order valence-corrected chi connectivity index (χ3v) is 8.07. The van der Waals surface area contributed by atoms with Gasteiger partial charge >= 0.3 is 0 Å². The van der Waals surface area contributed by atoms with E-state index in [1.807, 2.05) is 12.1 Å². The molecule has 2 amide bonds. The van der Waals surface area contributed by atoms with Crippen LogP contribution < -0.4 is 10.6 Å². The Morgan fingerprint density at radius 2 is 1.65 bits per heavy atom. The average Bonchev–Trinajstić information content (AvgIpc) is 3.27. The Labute approximate surface area is 182 Å². The number of hydrogen-bond donors (Lipinski definition) is 2. The van der Waals surface area contributed by atoms with Crippen molar-refractivity contribution in [3.05, 3.63) is 59.2 Å². The van der Waals surface area contributed by atoms with Crippen LogP contribution in [0.3, 0.4) is 0 Å². The van der Waals surface area contributed by atoms with E-state index in [1.54, 1.807) is 37.4 Å². The van der Waals surface area contributed by atoms with Crippen LogP contribution in [-0.2, 0) is 27.7 Å². The maximum atomic E-state index is 13.1. The molecule has 1 aliphatic carbocycles. The van der Waals surface area contributed by atoms with Crippen molar-refractivity contribution < 1.29 is 18.0 Å². The standard InChI is InChI=1S/C23H27N3O4S/c1-24-22(27)17-5-8-20(9-6-17)25-23(28)18-11-13-26(14-12-18)31(29,30)21-10-7-16-3-2-4-19(16)15-21/h5-10,15,18H,2-4,11-14H2,1H3,(H,24,27)(H,25,28). The van der Waals surface area contributed by atoms with Gasteiger partial charge in [-0.25, -0.2) is 8.42 Å². The first-order chi connectivity index (χ1) is 14.9. The van der Waals surface area contributed by atoms with Gasteiger partial charge in [0.15, 0.2) is 0 Å².